The molecular weight excluding hydrogens is 597 g/mol. The van der Waals surface area contributed by atoms with Crippen molar-refractivity contribution in [3.05, 3.63) is 93.5 Å². The average Bonchev–Trinajstić information content (AvgIpc) is 3.03. The van der Waals surface area contributed by atoms with E-state index in [0.29, 0.717) is 59.7 Å². The molecule has 1 amide bonds. The van der Waals surface area contributed by atoms with Gasteiger partial charge in [0.15, 0.2) is 0 Å². The Morgan fingerprint density at radius 2 is 1.50 bits per heavy atom. The fourth-order valence-electron chi connectivity index (χ4n) is 4.96. The van der Waals surface area contributed by atoms with Crippen LogP contribution < -0.4 is 10.5 Å². The maximum Gasteiger partial charge on any atom is 0.253 e. The first-order valence-corrected chi connectivity index (χ1v) is 16.4. The zero-order chi connectivity index (χ0) is 31.7. The highest BCUT2D eigenvalue weighted by molar-refractivity contribution is 6.38. The van der Waals surface area contributed by atoms with Gasteiger partial charge in [0.2, 0.25) is 0 Å². The first-order chi connectivity index (χ1) is 21.3. The van der Waals surface area contributed by atoms with Gasteiger partial charge in [0.25, 0.3) is 5.91 Å². The molecule has 3 rings (SSSR count). The zero-order valence-corrected chi connectivity index (χ0v) is 27.5. The number of anilines is 1. The molecule has 0 aliphatic carbocycles. The van der Waals surface area contributed by atoms with Crippen molar-refractivity contribution in [2.24, 2.45) is 0 Å². The fourth-order valence-corrected chi connectivity index (χ4v) is 5.46. The van der Waals surface area contributed by atoms with Crippen molar-refractivity contribution in [2.45, 2.75) is 58.6 Å². The minimum absolute atomic E-state index is 0.0455. The molecule has 0 aromatic heterocycles. The lowest BCUT2D eigenvalue weighted by Crippen LogP contribution is -2.30. The maximum absolute atomic E-state index is 12.4. The molecule has 7 nitrogen and oxygen atoms in total. The summed E-state index contributed by atoms with van der Waals surface area (Å²) in [4.78, 5) is 16.5. The summed E-state index contributed by atoms with van der Waals surface area (Å²) in [5, 5.41) is 11.7. The number of hydrogen-bond donors (Lipinski definition) is 2. The molecule has 9 heteroatoms. The number of nitrogen functional groups attached to an aromatic ring is 1. The van der Waals surface area contributed by atoms with E-state index in [2.05, 4.69) is 17.0 Å². The minimum Gasteiger partial charge on any atom is -0.494 e. The Balaban J connectivity index is 1.30. The summed E-state index contributed by atoms with van der Waals surface area (Å²) in [5.41, 5.74) is 8.74. The Morgan fingerprint density at radius 3 is 2.16 bits per heavy atom. The number of unbranched alkanes of at least 4 members (excludes halogenated alkanes) is 3. The summed E-state index contributed by atoms with van der Waals surface area (Å²) in [6.45, 7) is 9.40. The number of aliphatic hydroxyl groups excluding tert-OH is 1. The summed E-state index contributed by atoms with van der Waals surface area (Å²) in [7, 11) is 0. The van der Waals surface area contributed by atoms with E-state index in [1.54, 1.807) is 17.0 Å². The van der Waals surface area contributed by atoms with Crippen molar-refractivity contribution in [1.82, 2.24) is 9.80 Å². The molecule has 1 unspecified atom stereocenters. The van der Waals surface area contributed by atoms with Crippen molar-refractivity contribution < 1.29 is 19.4 Å². The van der Waals surface area contributed by atoms with E-state index in [4.69, 9.17) is 38.4 Å². The van der Waals surface area contributed by atoms with Crippen LogP contribution in [0.5, 0.6) is 5.75 Å². The van der Waals surface area contributed by atoms with Crippen LogP contribution >= 0.6 is 23.2 Å². The molecule has 3 aromatic carbocycles. The predicted molar refractivity (Wildman–Crippen MR) is 181 cm³/mol. The first-order valence-electron chi connectivity index (χ1n) is 15.6. The SMILES string of the molecule is CCN(CC)C(=O)c1ccc(OCCCOCCCCCCN(Cc2ccccc2)CC(O)c2cc(Cl)c(N)c(Cl)c2)cc1. The molecule has 0 saturated carbocycles. The summed E-state index contributed by atoms with van der Waals surface area (Å²) < 4.78 is 11.6. The Morgan fingerprint density at radius 1 is 0.864 bits per heavy atom. The molecule has 240 valence electrons. The number of benzene rings is 3. The van der Waals surface area contributed by atoms with Crippen molar-refractivity contribution >= 4 is 34.8 Å². The number of aliphatic hydroxyl groups is 1. The molecule has 0 radical (unpaired) electrons. The number of carbonyl (C=O) groups is 1. The van der Waals surface area contributed by atoms with Crippen LogP contribution in [-0.2, 0) is 11.3 Å². The number of hydrogen-bond acceptors (Lipinski definition) is 6. The lowest BCUT2D eigenvalue weighted by Gasteiger charge is -2.26. The monoisotopic (exact) mass is 643 g/mol. The second-order valence-electron chi connectivity index (χ2n) is 10.9. The molecule has 0 aliphatic rings. The number of nitrogens with zero attached hydrogens (tertiary/aromatic N) is 2. The largest absolute Gasteiger partial charge is 0.494 e. The molecular formula is C35H47Cl2N3O4. The van der Waals surface area contributed by atoms with Crippen molar-refractivity contribution in [3.63, 3.8) is 0 Å². The van der Waals surface area contributed by atoms with E-state index in [1.807, 2.05) is 56.3 Å². The second-order valence-corrected chi connectivity index (χ2v) is 11.7. The van der Waals surface area contributed by atoms with Crippen LogP contribution in [0.4, 0.5) is 5.69 Å². The normalized spacial score (nSPS) is 12.0. The number of halogens is 2. The Labute approximate surface area is 272 Å². The van der Waals surface area contributed by atoms with Crippen LogP contribution in [-0.4, -0.2) is 66.8 Å². The molecule has 0 spiro atoms. The lowest BCUT2D eigenvalue weighted by atomic mass is 10.1. The van der Waals surface area contributed by atoms with Crippen molar-refractivity contribution in [2.75, 3.05) is 51.7 Å². The fraction of sp³-hybridized carbons (Fsp3) is 0.457. The molecule has 44 heavy (non-hydrogen) atoms. The molecule has 0 saturated heterocycles. The molecule has 0 fully saturated rings. The lowest BCUT2D eigenvalue weighted by molar-refractivity contribution is 0.0773. The van der Waals surface area contributed by atoms with Crippen molar-refractivity contribution in [1.29, 1.82) is 0 Å². The van der Waals surface area contributed by atoms with Gasteiger partial charge in [0, 0.05) is 51.4 Å². The minimum atomic E-state index is -0.729. The van der Waals surface area contributed by atoms with Gasteiger partial charge < -0.3 is 25.2 Å². The summed E-state index contributed by atoms with van der Waals surface area (Å²) in [6.07, 6.45) is 4.28. The van der Waals surface area contributed by atoms with E-state index < -0.39 is 6.10 Å². The number of nitrogens with two attached hydrogens (primary N) is 1. The molecule has 0 heterocycles. The third-order valence-electron chi connectivity index (χ3n) is 7.53. The second kappa shape index (κ2) is 19.6. The van der Waals surface area contributed by atoms with Gasteiger partial charge in [-0.3, -0.25) is 9.69 Å². The van der Waals surface area contributed by atoms with Crippen LogP contribution in [0.3, 0.4) is 0 Å². The highest BCUT2D eigenvalue weighted by Gasteiger charge is 2.17. The quantitative estimate of drug-likeness (QED) is 0.0971. The predicted octanol–water partition coefficient (Wildman–Crippen LogP) is 7.64. The van der Waals surface area contributed by atoms with Crippen LogP contribution in [0.2, 0.25) is 10.0 Å². The molecule has 0 aliphatic heterocycles. The number of carbonyl (C=O) groups excluding carboxylic acids is 1. The number of amides is 1. The standard InChI is InChI=1S/C35H47Cl2N3O4/c1-3-40(4-2)35(42)28-15-17-30(18-16-28)44-22-12-21-43-20-11-6-5-10-19-39(25-27-13-8-7-9-14-27)26-33(41)29-23-31(36)34(38)32(37)24-29/h7-9,13-18,23-24,33,41H,3-6,10-12,19-22,25-26,38H2,1-2H3. The van der Waals surface area contributed by atoms with Gasteiger partial charge in [-0.15, -0.1) is 0 Å². The van der Waals surface area contributed by atoms with Gasteiger partial charge >= 0.3 is 0 Å². The van der Waals surface area contributed by atoms with Gasteiger partial charge in [0.1, 0.15) is 5.75 Å². The van der Waals surface area contributed by atoms with E-state index >= 15 is 0 Å². The number of rotatable bonds is 20. The van der Waals surface area contributed by atoms with Gasteiger partial charge in [-0.1, -0.05) is 66.4 Å². The van der Waals surface area contributed by atoms with E-state index in [9.17, 15) is 9.90 Å². The molecule has 1 atom stereocenters. The molecule has 3 aromatic rings. The molecule has 3 N–H and O–H groups in total. The molecule has 0 bridgehead atoms. The van der Waals surface area contributed by atoms with Crippen molar-refractivity contribution in [3.8, 4) is 5.75 Å². The van der Waals surface area contributed by atoms with Crippen LogP contribution in [0.1, 0.15) is 73.5 Å². The summed E-state index contributed by atoms with van der Waals surface area (Å²) in [5.74, 6) is 0.806. The van der Waals surface area contributed by atoms with Gasteiger partial charge in [0.05, 0.1) is 28.4 Å². The summed E-state index contributed by atoms with van der Waals surface area (Å²) >= 11 is 12.4. The maximum atomic E-state index is 12.4. The third kappa shape index (κ3) is 11.9. The smallest absolute Gasteiger partial charge is 0.253 e. The Kier molecular flexibility index (Phi) is 15.8. The van der Waals surface area contributed by atoms with Gasteiger partial charge in [-0.25, -0.2) is 0 Å². The van der Waals surface area contributed by atoms with Crippen LogP contribution in [0.25, 0.3) is 0 Å². The third-order valence-corrected chi connectivity index (χ3v) is 8.16. The summed E-state index contributed by atoms with van der Waals surface area (Å²) in [6, 6.07) is 21.0. The van der Waals surface area contributed by atoms with Gasteiger partial charge in [-0.2, -0.15) is 0 Å². The van der Waals surface area contributed by atoms with E-state index in [-0.39, 0.29) is 5.91 Å². The zero-order valence-electron chi connectivity index (χ0n) is 26.0. The Bertz CT molecular complexity index is 1230. The average molecular weight is 645 g/mol. The number of ether oxygens (including phenoxy) is 2. The Hall–Kier alpha value is -2.81. The van der Waals surface area contributed by atoms with Crippen LogP contribution in [0.15, 0.2) is 66.7 Å². The first kappa shape index (κ1) is 35.7. The van der Waals surface area contributed by atoms with E-state index in [1.165, 1.54) is 5.56 Å². The van der Waals surface area contributed by atoms with Crippen LogP contribution in [0, 0.1) is 0 Å². The highest BCUT2D eigenvalue weighted by Crippen LogP contribution is 2.31. The highest BCUT2D eigenvalue weighted by atomic mass is 35.5. The topological polar surface area (TPSA) is 88.3 Å². The van der Waals surface area contributed by atoms with E-state index in [0.717, 1.165) is 57.6 Å². The van der Waals surface area contributed by atoms with Gasteiger partial charge in [-0.05, 0) is 80.8 Å².